The van der Waals surface area contributed by atoms with Gasteiger partial charge in [0.05, 0.1) is 19.1 Å². The van der Waals surface area contributed by atoms with Crippen LogP contribution in [0.2, 0.25) is 0 Å². The molecule has 2 saturated heterocycles. The van der Waals surface area contributed by atoms with Gasteiger partial charge in [0, 0.05) is 45.7 Å². The molecule has 1 atom stereocenters. The summed E-state index contributed by atoms with van der Waals surface area (Å²) in [5.74, 6) is 0.727. The minimum Gasteiger partial charge on any atom is -0.375 e. The molecule has 2 aliphatic heterocycles. The molecule has 1 unspecified atom stereocenters. The lowest BCUT2D eigenvalue weighted by molar-refractivity contribution is -0.142. The maximum absolute atomic E-state index is 12.2. The topological polar surface area (TPSA) is 61.9 Å². The zero-order valence-electron chi connectivity index (χ0n) is 13.1. The highest BCUT2D eigenvalue weighted by Gasteiger charge is 2.26. The summed E-state index contributed by atoms with van der Waals surface area (Å²) in [5, 5.41) is 3.23. The number of ether oxygens (including phenoxy) is 1. The fraction of sp³-hybridized carbons (Fsp3) is 0.867. The molecule has 1 N–H and O–H groups in total. The summed E-state index contributed by atoms with van der Waals surface area (Å²) in [6.45, 7) is 8.98. The molecule has 0 saturated carbocycles. The molecule has 6 heteroatoms. The molecule has 0 bridgehead atoms. The van der Waals surface area contributed by atoms with Crippen LogP contribution in [0, 0.1) is 5.92 Å². The fourth-order valence-electron chi connectivity index (χ4n) is 2.76. The van der Waals surface area contributed by atoms with E-state index in [9.17, 15) is 9.59 Å². The third kappa shape index (κ3) is 4.97. The number of rotatable bonds is 4. The molecular formula is C15H27N3O3. The highest BCUT2D eigenvalue weighted by molar-refractivity contribution is 5.78. The average molecular weight is 297 g/mol. The number of carbonyl (C=O) groups excluding carboxylic acids is 2. The van der Waals surface area contributed by atoms with Crippen LogP contribution in [-0.4, -0.2) is 73.6 Å². The summed E-state index contributed by atoms with van der Waals surface area (Å²) in [4.78, 5) is 28.0. The van der Waals surface area contributed by atoms with Gasteiger partial charge in [-0.05, 0) is 5.92 Å². The lowest BCUT2D eigenvalue weighted by Crippen LogP contribution is -2.52. The zero-order valence-corrected chi connectivity index (χ0v) is 13.1. The van der Waals surface area contributed by atoms with Crippen LogP contribution in [0.25, 0.3) is 0 Å². The summed E-state index contributed by atoms with van der Waals surface area (Å²) < 4.78 is 5.57. The van der Waals surface area contributed by atoms with Gasteiger partial charge < -0.3 is 19.9 Å². The SMILES string of the molecule is CC(C)CC(=O)N1CCN(C(=O)CC2CNCCO2)CC1. The number of piperazine rings is 1. The van der Waals surface area contributed by atoms with Crippen LogP contribution in [-0.2, 0) is 14.3 Å². The third-order valence-electron chi connectivity index (χ3n) is 3.97. The highest BCUT2D eigenvalue weighted by Crippen LogP contribution is 2.11. The third-order valence-corrected chi connectivity index (χ3v) is 3.97. The maximum Gasteiger partial charge on any atom is 0.225 e. The second kappa shape index (κ2) is 7.75. The van der Waals surface area contributed by atoms with Gasteiger partial charge >= 0.3 is 0 Å². The second-order valence-electron chi connectivity index (χ2n) is 6.26. The van der Waals surface area contributed by atoms with Crippen LogP contribution < -0.4 is 5.32 Å². The Morgan fingerprint density at radius 2 is 1.76 bits per heavy atom. The molecule has 0 radical (unpaired) electrons. The van der Waals surface area contributed by atoms with Gasteiger partial charge in [0.25, 0.3) is 0 Å². The summed E-state index contributed by atoms with van der Waals surface area (Å²) in [6, 6.07) is 0. The number of hydrogen-bond acceptors (Lipinski definition) is 4. The Kier molecular flexibility index (Phi) is 5.99. The molecule has 2 fully saturated rings. The first-order valence-corrected chi connectivity index (χ1v) is 7.94. The smallest absolute Gasteiger partial charge is 0.225 e. The van der Waals surface area contributed by atoms with Crippen molar-refractivity contribution in [2.75, 3.05) is 45.9 Å². The van der Waals surface area contributed by atoms with Gasteiger partial charge in [0.2, 0.25) is 11.8 Å². The van der Waals surface area contributed by atoms with E-state index in [-0.39, 0.29) is 17.9 Å². The molecule has 0 aromatic rings. The normalized spacial score (nSPS) is 23.5. The molecule has 120 valence electrons. The van der Waals surface area contributed by atoms with Crippen LogP contribution in [0.15, 0.2) is 0 Å². The Morgan fingerprint density at radius 3 is 2.29 bits per heavy atom. The van der Waals surface area contributed by atoms with Gasteiger partial charge in [0.1, 0.15) is 0 Å². The summed E-state index contributed by atoms with van der Waals surface area (Å²) in [7, 11) is 0. The highest BCUT2D eigenvalue weighted by atomic mass is 16.5. The summed E-state index contributed by atoms with van der Waals surface area (Å²) in [5.41, 5.74) is 0. The van der Waals surface area contributed by atoms with E-state index in [1.807, 2.05) is 9.80 Å². The van der Waals surface area contributed by atoms with Gasteiger partial charge in [-0.25, -0.2) is 0 Å². The number of carbonyl (C=O) groups is 2. The van der Waals surface area contributed by atoms with Gasteiger partial charge in [-0.15, -0.1) is 0 Å². The van der Waals surface area contributed by atoms with Gasteiger partial charge in [-0.1, -0.05) is 13.8 Å². The monoisotopic (exact) mass is 297 g/mol. The van der Waals surface area contributed by atoms with Crippen molar-refractivity contribution in [1.82, 2.24) is 15.1 Å². The Labute approximate surface area is 126 Å². The molecule has 0 aliphatic carbocycles. The van der Waals surface area contributed by atoms with Crippen LogP contribution in [0.1, 0.15) is 26.7 Å². The molecule has 0 aromatic heterocycles. The number of morpholine rings is 1. The first kappa shape index (κ1) is 16.2. The molecule has 2 heterocycles. The quantitative estimate of drug-likeness (QED) is 0.798. The largest absolute Gasteiger partial charge is 0.375 e. The van der Waals surface area contributed by atoms with E-state index in [1.54, 1.807) is 0 Å². The van der Waals surface area contributed by atoms with E-state index in [1.165, 1.54) is 0 Å². The number of nitrogens with one attached hydrogen (secondary N) is 1. The zero-order chi connectivity index (χ0) is 15.2. The van der Waals surface area contributed by atoms with Gasteiger partial charge in [0.15, 0.2) is 0 Å². The van der Waals surface area contributed by atoms with Crippen molar-refractivity contribution in [3.63, 3.8) is 0 Å². The average Bonchev–Trinajstić information content (AvgIpc) is 2.47. The van der Waals surface area contributed by atoms with E-state index in [0.29, 0.717) is 51.5 Å². The Morgan fingerprint density at radius 1 is 1.14 bits per heavy atom. The molecule has 2 amide bonds. The summed E-state index contributed by atoms with van der Waals surface area (Å²) >= 11 is 0. The molecule has 6 nitrogen and oxygen atoms in total. The van der Waals surface area contributed by atoms with Crippen molar-refractivity contribution in [2.24, 2.45) is 5.92 Å². The molecule has 0 spiro atoms. The number of amides is 2. The van der Waals surface area contributed by atoms with Gasteiger partial charge in [-0.2, -0.15) is 0 Å². The van der Waals surface area contributed by atoms with E-state index in [0.717, 1.165) is 13.1 Å². The number of hydrogen-bond donors (Lipinski definition) is 1. The molecule has 0 aromatic carbocycles. The maximum atomic E-state index is 12.2. The predicted molar refractivity (Wildman–Crippen MR) is 79.8 cm³/mol. The van der Waals surface area contributed by atoms with Crippen LogP contribution >= 0.6 is 0 Å². The van der Waals surface area contributed by atoms with Crippen LogP contribution in [0.4, 0.5) is 0 Å². The lowest BCUT2D eigenvalue weighted by Gasteiger charge is -2.36. The van der Waals surface area contributed by atoms with Gasteiger partial charge in [-0.3, -0.25) is 9.59 Å². The molecule has 21 heavy (non-hydrogen) atoms. The van der Waals surface area contributed by atoms with Crippen molar-refractivity contribution >= 4 is 11.8 Å². The minimum atomic E-state index is -0.00754. The number of nitrogens with zero attached hydrogens (tertiary/aromatic N) is 2. The van der Waals surface area contributed by atoms with Crippen LogP contribution in [0.3, 0.4) is 0 Å². The first-order valence-electron chi connectivity index (χ1n) is 7.94. The predicted octanol–water partition coefficient (Wildman–Crippen LogP) is 0.0818. The van der Waals surface area contributed by atoms with Crippen molar-refractivity contribution in [2.45, 2.75) is 32.8 Å². The minimum absolute atomic E-state index is 0.00754. The Hall–Kier alpha value is -1.14. The first-order chi connectivity index (χ1) is 10.1. The van der Waals surface area contributed by atoms with Crippen molar-refractivity contribution < 1.29 is 14.3 Å². The Balaban J connectivity index is 1.72. The lowest BCUT2D eigenvalue weighted by atomic mass is 10.1. The molecule has 2 aliphatic rings. The van der Waals surface area contributed by atoms with Crippen LogP contribution in [0.5, 0.6) is 0 Å². The van der Waals surface area contributed by atoms with Crippen molar-refractivity contribution in [1.29, 1.82) is 0 Å². The van der Waals surface area contributed by atoms with E-state index < -0.39 is 0 Å². The van der Waals surface area contributed by atoms with E-state index >= 15 is 0 Å². The van der Waals surface area contributed by atoms with E-state index in [2.05, 4.69) is 19.2 Å². The van der Waals surface area contributed by atoms with E-state index in [4.69, 9.17) is 4.74 Å². The fourth-order valence-corrected chi connectivity index (χ4v) is 2.76. The second-order valence-corrected chi connectivity index (χ2v) is 6.26. The Bertz CT molecular complexity index is 359. The van der Waals surface area contributed by atoms with Crippen molar-refractivity contribution in [3.05, 3.63) is 0 Å². The summed E-state index contributed by atoms with van der Waals surface area (Å²) in [6.07, 6.45) is 1.02. The molecule has 2 rings (SSSR count). The van der Waals surface area contributed by atoms with Crippen molar-refractivity contribution in [3.8, 4) is 0 Å². The standard InChI is InChI=1S/C15H27N3O3/c1-12(2)9-14(19)17-4-6-18(7-5-17)15(20)10-13-11-16-3-8-21-13/h12-13,16H,3-11H2,1-2H3. The molecular weight excluding hydrogens is 270 g/mol.